The van der Waals surface area contributed by atoms with E-state index < -0.39 is 0 Å². The molecule has 0 N–H and O–H groups in total. The fourth-order valence-corrected chi connectivity index (χ4v) is 3.02. The third kappa shape index (κ3) is 2.17. The van der Waals surface area contributed by atoms with E-state index in [4.69, 9.17) is 4.42 Å². The van der Waals surface area contributed by atoms with Crippen LogP contribution >= 0.6 is 12.4 Å². The molecule has 5 heterocycles. The second-order valence-corrected chi connectivity index (χ2v) is 5.09. The fourth-order valence-electron chi connectivity index (χ4n) is 3.02. The van der Waals surface area contributed by atoms with E-state index in [-0.39, 0.29) is 12.4 Å². The zero-order valence-electron chi connectivity index (χ0n) is 10.7. The van der Waals surface area contributed by atoms with E-state index >= 15 is 0 Å². The smallest absolute Gasteiger partial charge is 0.300 e. The van der Waals surface area contributed by atoms with Crippen LogP contribution in [-0.4, -0.2) is 47.1 Å². The highest BCUT2D eigenvalue weighted by Crippen LogP contribution is 2.28. The number of fused-ring (bicyclic) bond motifs is 5. The Morgan fingerprint density at radius 1 is 1.16 bits per heavy atom. The van der Waals surface area contributed by atoms with Crippen LogP contribution in [0.3, 0.4) is 0 Å². The SMILES string of the molecule is Cl.c1cnc2oc(N3CCN4CCC3CC4)nc2c1. The molecule has 2 bridgehead atoms. The van der Waals surface area contributed by atoms with Crippen LogP contribution in [0.2, 0.25) is 0 Å². The number of anilines is 1. The average molecular weight is 281 g/mol. The van der Waals surface area contributed by atoms with Gasteiger partial charge in [0.25, 0.3) is 6.01 Å². The van der Waals surface area contributed by atoms with Gasteiger partial charge in [0.05, 0.1) is 0 Å². The van der Waals surface area contributed by atoms with Gasteiger partial charge in [0, 0.05) is 38.4 Å². The lowest BCUT2D eigenvalue weighted by molar-refractivity contribution is 0.249. The third-order valence-electron chi connectivity index (χ3n) is 4.06. The first-order valence-electron chi connectivity index (χ1n) is 6.61. The van der Waals surface area contributed by atoms with E-state index in [0.717, 1.165) is 24.6 Å². The molecule has 0 amide bonds. The lowest BCUT2D eigenvalue weighted by Gasteiger charge is -2.30. The second kappa shape index (κ2) is 4.98. The molecule has 3 aliphatic rings. The van der Waals surface area contributed by atoms with E-state index in [0.29, 0.717) is 11.8 Å². The maximum atomic E-state index is 5.80. The van der Waals surface area contributed by atoms with Crippen LogP contribution in [0.15, 0.2) is 22.7 Å². The molecule has 3 aliphatic heterocycles. The molecule has 0 aromatic carbocycles. The standard InChI is InChI=1S/C13H16N4O.ClH/c1-2-11-12(14-5-1)18-13(15-11)17-9-8-16-6-3-10(17)4-7-16;/h1-2,5,10H,3-4,6-9H2;1H. The molecule has 0 radical (unpaired) electrons. The van der Waals surface area contributed by atoms with Crippen molar-refractivity contribution in [2.24, 2.45) is 0 Å². The first-order valence-corrected chi connectivity index (χ1v) is 6.61. The van der Waals surface area contributed by atoms with Gasteiger partial charge >= 0.3 is 0 Å². The summed E-state index contributed by atoms with van der Waals surface area (Å²) in [5, 5.41) is 0. The molecule has 0 aliphatic carbocycles. The van der Waals surface area contributed by atoms with Crippen LogP contribution in [0, 0.1) is 0 Å². The number of halogens is 1. The van der Waals surface area contributed by atoms with Crippen molar-refractivity contribution in [1.82, 2.24) is 14.9 Å². The van der Waals surface area contributed by atoms with Gasteiger partial charge in [-0.05, 0) is 25.0 Å². The van der Waals surface area contributed by atoms with Crippen LogP contribution in [-0.2, 0) is 0 Å². The molecule has 5 nitrogen and oxygen atoms in total. The van der Waals surface area contributed by atoms with Crippen molar-refractivity contribution in [3.8, 4) is 0 Å². The molecule has 2 aromatic heterocycles. The maximum absolute atomic E-state index is 5.80. The van der Waals surface area contributed by atoms with Gasteiger partial charge in [-0.3, -0.25) is 0 Å². The average Bonchev–Trinajstić information content (AvgIpc) is 2.61. The summed E-state index contributed by atoms with van der Waals surface area (Å²) >= 11 is 0. The van der Waals surface area contributed by atoms with Crippen LogP contribution in [0.5, 0.6) is 0 Å². The molecule has 3 saturated heterocycles. The first-order chi connectivity index (χ1) is 8.90. The van der Waals surface area contributed by atoms with Crippen molar-refractivity contribution in [2.75, 3.05) is 31.1 Å². The molecule has 0 atom stereocenters. The number of oxazole rings is 1. The van der Waals surface area contributed by atoms with Crippen molar-refractivity contribution >= 4 is 29.7 Å². The summed E-state index contributed by atoms with van der Waals surface area (Å²) in [6.07, 6.45) is 4.18. The maximum Gasteiger partial charge on any atom is 0.300 e. The van der Waals surface area contributed by atoms with Gasteiger partial charge in [0.1, 0.15) is 5.52 Å². The zero-order valence-corrected chi connectivity index (χ0v) is 11.5. The molecule has 102 valence electrons. The molecule has 3 fully saturated rings. The quantitative estimate of drug-likeness (QED) is 0.799. The third-order valence-corrected chi connectivity index (χ3v) is 4.06. The van der Waals surface area contributed by atoms with Gasteiger partial charge in [-0.25, -0.2) is 4.98 Å². The molecule has 6 heteroatoms. The molecular formula is C13H17ClN4O. The molecule has 0 spiro atoms. The van der Waals surface area contributed by atoms with Crippen molar-refractivity contribution < 1.29 is 4.42 Å². The summed E-state index contributed by atoms with van der Waals surface area (Å²) in [4.78, 5) is 13.6. The Bertz CT molecular complexity index is 532. The molecule has 5 rings (SSSR count). The number of hydrogen-bond acceptors (Lipinski definition) is 5. The molecular weight excluding hydrogens is 264 g/mol. The van der Waals surface area contributed by atoms with Crippen LogP contribution in [0.1, 0.15) is 12.8 Å². The topological polar surface area (TPSA) is 45.4 Å². The van der Waals surface area contributed by atoms with Gasteiger partial charge in [-0.1, -0.05) is 0 Å². The molecule has 19 heavy (non-hydrogen) atoms. The molecule has 0 saturated carbocycles. The monoisotopic (exact) mass is 280 g/mol. The largest absolute Gasteiger partial charge is 0.404 e. The normalized spacial score (nSPS) is 26.2. The minimum absolute atomic E-state index is 0. The van der Waals surface area contributed by atoms with Gasteiger partial charge in [-0.2, -0.15) is 4.98 Å². The predicted molar refractivity (Wildman–Crippen MR) is 75.9 cm³/mol. The Labute approximate surface area is 118 Å². The number of hydrogen-bond donors (Lipinski definition) is 0. The Morgan fingerprint density at radius 2 is 2.00 bits per heavy atom. The van der Waals surface area contributed by atoms with Gasteiger partial charge in [-0.15, -0.1) is 12.4 Å². The summed E-state index contributed by atoms with van der Waals surface area (Å²) in [6.45, 7) is 4.54. The predicted octanol–water partition coefficient (Wildman–Crippen LogP) is 1.93. The first kappa shape index (κ1) is 12.7. The summed E-state index contributed by atoms with van der Waals surface area (Å²) < 4.78 is 5.80. The van der Waals surface area contributed by atoms with Crippen LogP contribution < -0.4 is 4.90 Å². The van der Waals surface area contributed by atoms with E-state index in [1.165, 1.54) is 25.9 Å². The summed E-state index contributed by atoms with van der Waals surface area (Å²) in [5.41, 5.74) is 1.50. The summed E-state index contributed by atoms with van der Waals surface area (Å²) in [7, 11) is 0. The van der Waals surface area contributed by atoms with Gasteiger partial charge in [0.2, 0.25) is 5.71 Å². The Kier molecular flexibility index (Phi) is 3.33. The number of rotatable bonds is 1. The Balaban J connectivity index is 0.00000110. The number of nitrogens with zero attached hydrogens (tertiary/aromatic N) is 4. The summed E-state index contributed by atoms with van der Waals surface area (Å²) in [6, 6.07) is 5.18. The lowest BCUT2D eigenvalue weighted by Crippen LogP contribution is -2.38. The number of aromatic nitrogens is 2. The van der Waals surface area contributed by atoms with E-state index in [1.807, 2.05) is 12.1 Å². The van der Waals surface area contributed by atoms with Crippen molar-refractivity contribution in [3.05, 3.63) is 18.3 Å². The number of piperidine rings is 1. The van der Waals surface area contributed by atoms with Crippen molar-refractivity contribution in [3.63, 3.8) is 0 Å². The zero-order chi connectivity index (χ0) is 11.9. The van der Waals surface area contributed by atoms with Gasteiger partial charge < -0.3 is 14.2 Å². The van der Waals surface area contributed by atoms with Crippen molar-refractivity contribution in [1.29, 1.82) is 0 Å². The fraction of sp³-hybridized carbons (Fsp3) is 0.538. The van der Waals surface area contributed by atoms with E-state index in [9.17, 15) is 0 Å². The Morgan fingerprint density at radius 3 is 2.79 bits per heavy atom. The van der Waals surface area contributed by atoms with E-state index in [2.05, 4.69) is 19.8 Å². The second-order valence-electron chi connectivity index (χ2n) is 5.09. The number of pyridine rings is 1. The molecule has 0 unspecified atom stereocenters. The van der Waals surface area contributed by atoms with Crippen LogP contribution in [0.25, 0.3) is 11.2 Å². The highest BCUT2D eigenvalue weighted by molar-refractivity contribution is 5.85. The van der Waals surface area contributed by atoms with E-state index in [1.54, 1.807) is 6.20 Å². The minimum atomic E-state index is 0. The summed E-state index contributed by atoms with van der Waals surface area (Å²) in [5.74, 6) is 0. The van der Waals surface area contributed by atoms with Crippen LogP contribution in [0.4, 0.5) is 6.01 Å². The molecule has 2 aromatic rings. The highest BCUT2D eigenvalue weighted by atomic mass is 35.5. The van der Waals surface area contributed by atoms with Gasteiger partial charge in [0.15, 0.2) is 0 Å². The van der Waals surface area contributed by atoms with Crippen molar-refractivity contribution in [2.45, 2.75) is 18.9 Å². The minimum Gasteiger partial charge on any atom is -0.404 e. The Hall–Kier alpha value is -1.33. The lowest BCUT2D eigenvalue weighted by atomic mass is 10.1. The highest BCUT2D eigenvalue weighted by Gasteiger charge is 2.31.